The standard InChI is InChI=1S/C12H23N3S/c1-12(2,11(13)16)15-7-5-14(6-8-15)9-10-3-4-10/h10H,3-9H2,1-2H3,(H2,13,16). The Labute approximate surface area is 104 Å². The van der Waals surface area contributed by atoms with Crippen LogP contribution >= 0.6 is 12.2 Å². The van der Waals surface area contributed by atoms with Crippen molar-refractivity contribution in [2.75, 3.05) is 32.7 Å². The van der Waals surface area contributed by atoms with Gasteiger partial charge in [-0.1, -0.05) is 12.2 Å². The molecule has 0 spiro atoms. The van der Waals surface area contributed by atoms with Gasteiger partial charge in [0.1, 0.15) is 0 Å². The van der Waals surface area contributed by atoms with Crippen LogP contribution in [0.4, 0.5) is 0 Å². The third-order valence-electron chi connectivity index (χ3n) is 3.98. The summed E-state index contributed by atoms with van der Waals surface area (Å²) in [5.74, 6) is 0.996. The minimum Gasteiger partial charge on any atom is -0.392 e. The van der Waals surface area contributed by atoms with Crippen LogP contribution in [0.15, 0.2) is 0 Å². The van der Waals surface area contributed by atoms with Gasteiger partial charge in [0, 0.05) is 32.7 Å². The van der Waals surface area contributed by atoms with Crippen molar-refractivity contribution in [1.82, 2.24) is 9.80 Å². The maximum atomic E-state index is 5.80. The molecule has 2 fully saturated rings. The molecule has 1 saturated carbocycles. The average Bonchev–Trinajstić information content (AvgIpc) is 3.02. The van der Waals surface area contributed by atoms with Crippen LogP contribution in [-0.2, 0) is 0 Å². The van der Waals surface area contributed by atoms with Gasteiger partial charge in [-0.15, -0.1) is 0 Å². The lowest BCUT2D eigenvalue weighted by Crippen LogP contribution is -2.59. The minimum atomic E-state index is -0.124. The Morgan fingerprint density at radius 3 is 2.25 bits per heavy atom. The minimum absolute atomic E-state index is 0.124. The summed E-state index contributed by atoms with van der Waals surface area (Å²) in [5.41, 5.74) is 5.68. The summed E-state index contributed by atoms with van der Waals surface area (Å²) in [7, 11) is 0. The number of piperazine rings is 1. The molecule has 2 rings (SSSR count). The lowest BCUT2D eigenvalue weighted by atomic mass is 10.0. The van der Waals surface area contributed by atoms with Crippen LogP contribution in [0.1, 0.15) is 26.7 Å². The Balaban J connectivity index is 1.81. The van der Waals surface area contributed by atoms with Crippen LogP contribution in [0.2, 0.25) is 0 Å². The van der Waals surface area contributed by atoms with Gasteiger partial charge in [-0.2, -0.15) is 0 Å². The number of thiocarbonyl (C=S) groups is 1. The summed E-state index contributed by atoms with van der Waals surface area (Å²) in [6.45, 7) is 10.1. The molecule has 0 aromatic carbocycles. The Morgan fingerprint density at radius 2 is 1.81 bits per heavy atom. The van der Waals surface area contributed by atoms with Crippen molar-refractivity contribution in [3.8, 4) is 0 Å². The zero-order valence-electron chi connectivity index (χ0n) is 10.4. The molecule has 0 amide bonds. The lowest BCUT2D eigenvalue weighted by molar-refractivity contribution is 0.0835. The molecule has 3 nitrogen and oxygen atoms in total. The van der Waals surface area contributed by atoms with Gasteiger partial charge < -0.3 is 10.6 Å². The Kier molecular flexibility index (Phi) is 3.52. The molecule has 1 heterocycles. The molecule has 0 atom stereocenters. The van der Waals surface area contributed by atoms with Gasteiger partial charge in [0.25, 0.3) is 0 Å². The molecule has 0 aromatic heterocycles. The van der Waals surface area contributed by atoms with E-state index in [-0.39, 0.29) is 5.54 Å². The second-order valence-corrected chi connectivity index (χ2v) is 6.09. The van der Waals surface area contributed by atoms with Crippen LogP contribution < -0.4 is 5.73 Å². The van der Waals surface area contributed by atoms with Crippen LogP contribution in [0.3, 0.4) is 0 Å². The summed E-state index contributed by atoms with van der Waals surface area (Å²) in [4.78, 5) is 5.62. The summed E-state index contributed by atoms with van der Waals surface area (Å²) in [6, 6.07) is 0. The van der Waals surface area contributed by atoms with Crippen LogP contribution in [0, 0.1) is 5.92 Å². The fourth-order valence-corrected chi connectivity index (χ4v) is 2.44. The molecule has 2 aliphatic rings. The molecule has 0 bridgehead atoms. The van der Waals surface area contributed by atoms with Crippen LogP contribution in [0.5, 0.6) is 0 Å². The maximum absolute atomic E-state index is 5.80. The molecule has 2 N–H and O–H groups in total. The van der Waals surface area contributed by atoms with E-state index in [0.29, 0.717) is 4.99 Å². The zero-order chi connectivity index (χ0) is 11.8. The molecule has 0 unspecified atom stereocenters. The van der Waals surface area contributed by atoms with E-state index in [1.807, 2.05) is 0 Å². The molecule has 92 valence electrons. The summed E-state index contributed by atoms with van der Waals surface area (Å²) in [6.07, 6.45) is 2.89. The predicted molar refractivity (Wildman–Crippen MR) is 71.6 cm³/mol. The molecule has 0 radical (unpaired) electrons. The highest BCUT2D eigenvalue weighted by Gasteiger charge is 2.33. The predicted octanol–water partition coefficient (Wildman–Crippen LogP) is 1.08. The van der Waals surface area contributed by atoms with Gasteiger partial charge in [0.05, 0.1) is 10.5 Å². The first-order valence-corrected chi connectivity index (χ1v) is 6.68. The number of nitrogens with two attached hydrogens (primary N) is 1. The van der Waals surface area contributed by atoms with E-state index in [1.54, 1.807) is 0 Å². The van der Waals surface area contributed by atoms with Crippen molar-refractivity contribution >= 4 is 17.2 Å². The van der Waals surface area contributed by atoms with Gasteiger partial charge in [-0.05, 0) is 32.6 Å². The van der Waals surface area contributed by atoms with E-state index in [4.69, 9.17) is 18.0 Å². The van der Waals surface area contributed by atoms with Crippen molar-refractivity contribution in [2.24, 2.45) is 11.7 Å². The first-order chi connectivity index (χ1) is 7.50. The van der Waals surface area contributed by atoms with Gasteiger partial charge in [-0.3, -0.25) is 4.90 Å². The van der Waals surface area contributed by atoms with Crippen molar-refractivity contribution in [1.29, 1.82) is 0 Å². The van der Waals surface area contributed by atoms with E-state index in [9.17, 15) is 0 Å². The smallest absolute Gasteiger partial charge is 0.0928 e. The van der Waals surface area contributed by atoms with Crippen molar-refractivity contribution in [2.45, 2.75) is 32.2 Å². The quantitative estimate of drug-likeness (QED) is 0.747. The van der Waals surface area contributed by atoms with Crippen molar-refractivity contribution in [3.63, 3.8) is 0 Å². The number of hydrogen-bond donors (Lipinski definition) is 1. The van der Waals surface area contributed by atoms with Gasteiger partial charge in [0.2, 0.25) is 0 Å². The maximum Gasteiger partial charge on any atom is 0.0928 e. The molecule has 1 saturated heterocycles. The largest absolute Gasteiger partial charge is 0.392 e. The summed E-state index contributed by atoms with van der Waals surface area (Å²) in [5, 5.41) is 0. The average molecular weight is 241 g/mol. The topological polar surface area (TPSA) is 32.5 Å². The molecule has 0 aromatic rings. The third kappa shape index (κ3) is 2.73. The normalized spacial score (nSPS) is 24.6. The summed E-state index contributed by atoms with van der Waals surface area (Å²) >= 11 is 5.14. The first kappa shape index (κ1) is 12.3. The highest BCUT2D eigenvalue weighted by atomic mass is 32.1. The third-order valence-corrected chi connectivity index (χ3v) is 4.48. The van der Waals surface area contributed by atoms with Crippen molar-refractivity contribution in [3.05, 3.63) is 0 Å². The second-order valence-electron chi connectivity index (χ2n) is 5.65. The van der Waals surface area contributed by atoms with Crippen LogP contribution in [-0.4, -0.2) is 53.1 Å². The lowest BCUT2D eigenvalue weighted by Gasteiger charge is -2.43. The fraction of sp³-hybridized carbons (Fsp3) is 0.917. The Hall–Kier alpha value is -0.190. The van der Waals surface area contributed by atoms with Gasteiger partial charge in [0.15, 0.2) is 0 Å². The molecule has 1 aliphatic carbocycles. The monoisotopic (exact) mass is 241 g/mol. The number of hydrogen-bond acceptors (Lipinski definition) is 3. The van der Waals surface area contributed by atoms with E-state index in [1.165, 1.54) is 32.5 Å². The molecule has 16 heavy (non-hydrogen) atoms. The second kappa shape index (κ2) is 4.59. The highest BCUT2D eigenvalue weighted by molar-refractivity contribution is 7.80. The Morgan fingerprint density at radius 1 is 1.25 bits per heavy atom. The molecular formula is C12H23N3S. The van der Waals surface area contributed by atoms with Crippen molar-refractivity contribution < 1.29 is 0 Å². The zero-order valence-corrected chi connectivity index (χ0v) is 11.2. The van der Waals surface area contributed by atoms with E-state index >= 15 is 0 Å². The molecule has 1 aliphatic heterocycles. The van der Waals surface area contributed by atoms with E-state index in [2.05, 4.69) is 23.6 Å². The van der Waals surface area contributed by atoms with Crippen LogP contribution in [0.25, 0.3) is 0 Å². The molecule has 4 heteroatoms. The number of rotatable bonds is 4. The molecular weight excluding hydrogens is 218 g/mol. The van der Waals surface area contributed by atoms with Gasteiger partial charge >= 0.3 is 0 Å². The number of nitrogens with zero attached hydrogens (tertiary/aromatic N) is 2. The highest BCUT2D eigenvalue weighted by Crippen LogP contribution is 2.30. The Bertz CT molecular complexity index is 265. The van der Waals surface area contributed by atoms with E-state index in [0.717, 1.165) is 19.0 Å². The fourth-order valence-electron chi connectivity index (χ4n) is 2.31. The van der Waals surface area contributed by atoms with E-state index < -0.39 is 0 Å². The van der Waals surface area contributed by atoms with Gasteiger partial charge in [-0.25, -0.2) is 0 Å². The summed E-state index contributed by atoms with van der Waals surface area (Å²) < 4.78 is 0. The SMILES string of the molecule is CC(C)(C(N)=S)N1CCN(CC2CC2)CC1. The first-order valence-electron chi connectivity index (χ1n) is 6.27.